The van der Waals surface area contributed by atoms with Crippen LogP contribution in [-0.2, 0) is 11.2 Å². The van der Waals surface area contributed by atoms with Crippen molar-refractivity contribution in [1.29, 1.82) is 0 Å². The minimum atomic E-state index is 0.0532. The van der Waals surface area contributed by atoms with Gasteiger partial charge in [-0.15, -0.1) is 0 Å². The van der Waals surface area contributed by atoms with E-state index in [-0.39, 0.29) is 5.91 Å². The maximum absolute atomic E-state index is 12.7. The summed E-state index contributed by atoms with van der Waals surface area (Å²) in [5, 5.41) is 0. The van der Waals surface area contributed by atoms with Gasteiger partial charge in [-0.25, -0.2) is 0 Å². The van der Waals surface area contributed by atoms with E-state index in [0.29, 0.717) is 38.5 Å². The maximum atomic E-state index is 12.7. The molecule has 0 aliphatic carbocycles. The van der Waals surface area contributed by atoms with Crippen LogP contribution < -0.4 is 19.1 Å². The van der Waals surface area contributed by atoms with Crippen molar-refractivity contribution in [2.24, 2.45) is 0 Å². The summed E-state index contributed by atoms with van der Waals surface area (Å²) < 4.78 is 16.7. The molecule has 0 bridgehead atoms. The number of para-hydroxylation sites is 2. The summed E-state index contributed by atoms with van der Waals surface area (Å²) in [5.41, 5.74) is 1.75. The Morgan fingerprint density at radius 1 is 0.913 bits per heavy atom. The standard InChI is InChI=1S/C18H17NO4/c20-18(19-7-8-21-15-4-2-1-3-14(15)19)12-13-5-6-16-17(11-13)23-10-9-22-16/h1-6,11H,7-10,12H2. The Labute approximate surface area is 134 Å². The van der Waals surface area contributed by atoms with Crippen molar-refractivity contribution in [3.63, 3.8) is 0 Å². The average molecular weight is 311 g/mol. The molecule has 4 rings (SSSR count). The van der Waals surface area contributed by atoms with Gasteiger partial charge in [-0.1, -0.05) is 18.2 Å². The highest BCUT2D eigenvalue weighted by Gasteiger charge is 2.23. The number of ether oxygens (including phenoxy) is 3. The lowest BCUT2D eigenvalue weighted by Crippen LogP contribution is -2.38. The number of carbonyl (C=O) groups excluding carboxylic acids is 1. The summed E-state index contributed by atoms with van der Waals surface area (Å²) in [7, 11) is 0. The number of anilines is 1. The molecule has 0 spiro atoms. The minimum absolute atomic E-state index is 0.0532. The molecule has 5 heteroatoms. The summed E-state index contributed by atoms with van der Waals surface area (Å²) in [6.45, 7) is 2.20. The van der Waals surface area contributed by atoms with Crippen LogP contribution in [0.15, 0.2) is 42.5 Å². The maximum Gasteiger partial charge on any atom is 0.231 e. The lowest BCUT2D eigenvalue weighted by Gasteiger charge is -2.29. The first-order valence-corrected chi connectivity index (χ1v) is 7.72. The Kier molecular flexibility index (Phi) is 3.54. The molecule has 5 nitrogen and oxygen atoms in total. The Morgan fingerprint density at radius 2 is 1.70 bits per heavy atom. The molecule has 2 aliphatic heterocycles. The molecule has 23 heavy (non-hydrogen) atoms. The van der Waals surface area contributed by atoms with Crippen LogP contribution in [0.2, 0.25) is 0 Å². The Bertz CT molecular complexity index is 744. The zero-order valence-electron chi connectivity index (χ0n) is 12.7. The average Bonchev–Trinajstić information content (AvgIpc) is 2.61. The van der Waals surface area contributed by atoms with E-state index in [0.717, 1.165) is 22.7 Å². The van der Waals surface area contributed by atoms with Crippen LogP contribution in [-0.4, -0.2) is 32.3 Å². The predicted molar refractivity (Wildman–Crippen MR) is 85.4 cm³/mol. The van der Waals surface area contributed by atoms with Gasteiger partial charge in [0.05, 0.1) is 18.7 Å². The highest BCUT2D eigenvalue weighted by Crippen LogP contribution is 2.33. The third-order valence-electron chi connectivity index (χ3n) is 3.99. The third kappa shape index (κ3) is 2.70. The zero-order chi connectivity index (χ0) is 15.6. The van der Waals surface area contributed by atoms with Crippen LogP contribution in [0, 0.1) is 0 Å². The van der Waals surface area contributed by atoms with Gasteiger partial charge in [0.2, 0.25) is 5.91 Å². The predicted octanol–water partition coefficient (Wildman–Crippen LogP) is 2.43. The van der Waals surface area contributed by atoms with Gasteiger partial charge in [0.15, 0.2) is 11.5 Å². The van der Waals surface area contributed by atoms with Crippen LogP contribution >= 0.6 is 0 Å². The van der Waals surface area contributed by atoms with Gasteiger partial charge in [-0.3, -0.25) is 4.79 Å². The molecular weight excluding hydrogens is 294 g/mol. The van der Waals surface area contributed by atoms with Crippen molar-refractivity contribution >= 4 is 11.6 Å². The van der Waals surface area contributed by atoms with Gasteiger partial charge >= 0.3 is 0 Å². The lowest BCUT2D eigenvalue weighted by atomic mass is 10.1. The van der Waals surface area contributed by atoms with Crippen LogP contribution in [0.3, 0.4) is 0 Å². The second kappa shape index (κ2) is 5.83. The molecule has 118 valence electrons. The van der Waals surface area contributed by atoms with Crippen LogP contribution in [0.25, 0.3) is 0 Å². The van der Waals surface area contributed by atoms with Gasteiger partial charge in [-0.2, -0.15) is 0 Å². The monoisotopic (exact) mass is 311 g/mol. The van der Waals surface area contributed by atoms with E-state index in [1.54, 1.807) is 4.90 Å². The molecule has 0 atom stereocenters. The van der Waals surface area contributed by atoms with Gasteiger partial charge < -0.3 is 19.1 Å². The number of hydrogen-bond acceptors (Lipinski definition) is 4. The smallest absolute Gasteiger partial charge is 0.231 e. The van der Waals surface area contributed by atoms with Crippen LogP contribution in [0.4, 0.5) is 5.69 Å². The highest BCUT2D eigenvalue weighted by molar-refractivity contribution is 5.96. The molecule has 0 fully saturated rings. The molecule has 2 aliphatic rings. The fourth-order valence-corrected chi connectivity index (χ4v) is 2.90. The van der Waals surface area contributed by atoms with Crippen LogP contribution in [0.5, 0.6) is 17.2 Å². The van der Waals surface area contributed by atoms with Crippen molar-refractivity contribution in [3.05, 3.63) is 48.0 Å². The fraction of sp³-hybridized carbons (Fsp3) is 0.278. The number of nitrogens with zero attached hydrogens (tertiary/aromatic N) is 1. The Hall–Kier alpha value is -2.69. The van der Waals surface area contributed by atoms with E-state index >= 15 is 0 Å². The highest BCUT2D eigenvalue weighted by atomic mass is 16.6. The molecule has 0 saturated carbocycles. The molecule has 2 aromatic carbocycles. The third-order valence-corrected chi connectivity index (χ3v) is 3.99. The van der Waals surface area contributed by atoms with E-state index in [1.165, 1.54) is 0 Å². The first-order chi connectivity index (χ1) is 11.3. The number of rotatable bonds is 2. The molecule has 0 unspecified atom stereocenters. The van der Waals surface area contributed by atoms with Crippen molar-refractivity contribution < 1.29 is 19.0 Å². The summed E-state index contributed by atoms with van der Waals surface area (Å²) in [6.07, 6.45) is 0.324. The normalized spacial score (nSPS) is 15.6. The quantitative estimate of drug-likeness (QED) is 0.854. The summed E-state index contributed by atoms with van der Waals surface area (Å²) >= 11 is 0. The largest absolute Gasteiger partial charge is 0.490 e. The zero-order valence-corrected chi connectivity index (χ0v) is 12.7. The molecule has 0 radical (unpaired) electrons. The van der Waals surface area contributed by atoms with Gasteiger partial charge in [0, 0.05) is 0 Å². The number of hydrogen-bond donors (Lipinski definition) is 0. The minimum Gasteiger partial charge on any atom is -0.490 e. The second-order valence-corrected chi connectivity index (χ2v) is 5.52. The van der Waals surface area contributed by atoms with E-state index in [9.17, 15) is 4.79 Å². The lowest BCUT2D eigenvalue weighted by molar-refractivity contribution is -0.118. The molecule has 2 heterocycles. The number of carbonyl (C=O) groups is 1. The molecule has 0 saturated heterocycles. The molecule has 0 N–H and O–H groups in total. The summed E-state index contributed by atoms with van der Waals surface area (Å²) in [4.78, 5) is 14.5. The molecule has 1 amide bonds. The molecule has 2 aromatic rings. The van der Waals surface area contributed by atoms with E-state index in [2.05, 4.69) is 0 Å². The van der Waals surface area contributed by atoms with E-state index in [1.807, 2.05) is 42.5 Å². The van der Waals surface area contributed by atoms with E-state index in [4.69, 9.17) is 14.2 Å². The van der Waals surface area contributed by atoms with Crippen molar-refractivity contribution in [2.45, 2.75) is 6.42 Å². The van der Waals surface area contributed by atoms with Gasteiger partial charge in [-0.05, 0) is 29.8 Å². The van der Waals surface area contributed by atoms with Crippen molar-refractivity contribution in [1.82, 2.24) is 0 Å². The number of amides is 1. The number of fused-ring (bicyclic) bond motifs is 2. The molecular formula is C18H17NO4. The first-order valence-electron chi connectivity index (χ1n) is 7.72. The van der Waals surface area contributed by atoms with Gasteiger partial charge in [0.25, 0.3) is 0 Å². The van der Waals surface area contributed by atoms with E-state index < -0.39 is 0 Å². The molecule has 0 aromatic heterocycles. The second-order valence-electron chi connectivity index (χ2n) is 5.52. The Balaban J connectivity index is 1.55. The first kappa shape index (κ1) is 13.9. The summed E-state index contributed by atoms with van der Waals surface area (Å²) in [6, 6.07) is 13.3. The Morgan fingerprint density at radius 3 is 2.61 bits per heavy atom. The number of benzene rings is 2. The van der Waals surface area contributed by atoms with Crippen LogP contribution in [0.1, 0.15) is 5.56 Å². The topological polar surface area (TPSA) is 48.0 Å². The fourth-order valence-electron chi connectivity index (χ4n) is 2.90. The summed E-state index contributed by atoms with van der Waals surface area (Å²) in [5.74, 6) is 2.26. The van der Waals surface area contributed by atoms with Gasteiger partial charge in [0.1, 0.15) is 25.6 Å². The van der Waals surface area contributed by atoms with Crippen molar-refractivity contribution in [2.75, 3.05) is 31.3 Å². The SMILES string of the molecule is O=C(Cc1ccc2c(c1)OCCO2)N1CCOc2ccccc21. The van der Waals surface area contributed by atoms with Crippen molar-refractivity contribution in [3.8, 4) is 17.2 Å².